The van der Waals surface area contributed by atoms with Gasteiger partial charge < -0.3 is 66.3 Å². The molecule has 22 heteroatoms. The molecule has 0 N–H and O–H groups in total. The van der Waals surface area contributed by atoms with Gasteiger partial charge in [-0.15, -0.1) is 0 Å². The Morgan fingerprint density at radius 1 is 0.382 bits per heavy atom. The summed E-state index contributed by atoms with van der Waals surface area (Å²) >= 11 is 0. The Morgan fingerprint density at radius 3 is 0.824 bits per heavy atom. The van der Waals surface area contributed by atoms with E-state index >= 15 is 0 Å². The van der Waals surface area contributed by atoms with E-state index in [-0.39, 0.29) is 68.2 Å². The van der Waals surface area contributed by atoms with Crippen molar-refractivity contribution in [2.24, 2.45) is 0 Å². The molecule has 3 rings (SSSR count). The molecule has 0 saturated carbocycles. The fourth-order valence-corrected chi connectivity index (χ4v) is 4.77. The van der Waals surface area contributed by atoms with Gasteiger partial charge in [0, 0.05) is 60.7 Å². The molecule has 0 aliphatic heterocycles. The molecule has 3 aromatic carbocycles. The molecule has 0 radical (unpaired) electrons. The lowest BCUT2D eigenvalue weighted by Gasteiger charge is -2.19. The van der Waals surface area contributed by atoms with Crippen LogP contribution in [0.2, 0.25) is 0 Å². The zero-order chi connectivity index (χ0) is 50.2. The molecule has 0 aliphatic rings. The van der Waals surface area contributed by atoms with Gasteiger partial charge in [0.2, 0.25) is 52.3 Å². The van der Waals surface area contributed by atoms with E-state index in [4.69, 9.17) is 66.3 Å². The van der Waals surface area contributed by atoms with Crippen molar-refractivity contribution in [3.05, 3.63) is 135 Å². The summed E-state index contributed by atoms with van der Waals surface area (Å²) in [4.78, 5) is 97.7. The summed E-state index contributed by atoms with van der Waals surface area (Å²) in [6.45, 7) is 18.4. The number of esters is 8. The van der Waals surface area contributed by atoms with Gasteiger partial charge in [0.05, 0.1) is 11.1 Å². The van der Waals surface area contributed by atoms with Crippen molar-refractivity contribution in [2.45, 2.75) is 13.8 Å². The fourth-order valence-electron chi connectivity index (χ4n) is 4.77. The molecule has 0 saturated heterocycles. The van der Waals surface area contributed by atoms with Crippen LogP contribution in [0.3, 0.4) is 0 Å². The molecule has 358 valence electrons. The summed E-state index contributed by atoms with van der Waals surface area (Å²) in [6.07, 6.45) is 5.21. The number of hydrogen-bond acceptors (Lipinski definition) is 22. The quantitative estimate of drug-likeness (QED) is 0.0300. The number of benzene rings is 3. The van der Waals surface area contributed by atoms with Crippen LogP contribution in [0, 0.1) is 13.8 Å². The standard InChI is InChI=1S/C46H42O22/c1-9-37(47)59-21-55-33-17-29(18-34(56-22-60-38(48)10-2)43(33)65-25-63-41(51)13-5)67-45(53)31-15-16-32(28(8)27(31)7)46(54)68-30-19-35(57-23-61-39(49)11-3)44(66-26-64-42(52)14-6)36(20-30)58-24-62-40(50)12-4/h9-20H,1-6,21-26H2,7-8H3. The number of carbonyl (C=O) groups excluding carboxylic acids is 8. The van der Waals surface area contributed by atoms with Crippen LogP contribution in [0.25, 0.3) is 0 Å². The highest BCUT2D eigenvalue weighted by Gasteiger charge is 2.25. The van der Waals surface area contributed by atoms with Gasteiger partial charge in [-0.1, -0.05) is 39.5 Å². The van der Waals surface area contributed by atoms with Gasteiger partial charge in [-0.2, -0.15) is 0 Å². The first-order chi connectivity index (χ1) is 32.6. The third kappa shape index (κ3) is 16.3. The summed E-state index contributed by atoms with van der Waals surface area (Å²) in [5.74, 6) is -9.35. The predicted octanol–water partition coefficient (Wildman–Crippen LogP) is 5.13. The Kier molecular flexibility index (Phi) is 21.1. The molecule has 0 heterocycles. The van der Waals surface area contributed by atoms with Crippen LogP contribution >= 0.6 is 0 Å². The number of ether oxygens (including phenoxy) is 14. The maximum Gasteiger partial charge on any atom is 0.343 e. The Bertz CT molecular complexity index is 2200. The molecule has 22 nitrogen and oxygen atoms in total. The van der Waals surface area contributed by atoms with E-state index in [1.54, 1.807) is 0 Å². The smallest absolute Gasteiger partial charge is 0.343 e. The van der Waals surface area contributed by atoms with E-state index in [9.17, 15) is 38.4 Å². The van der Waals surface area contributed by atoms with Crippen LogP contribution < -0.4 is 37.9 Å². The molecule has 68 heavy (non-hydrogen) atoms. The zero-order valence-electron chi connectivity index (χ0n) is 36.4. The minimum Gasteiger partial charge on any atom is -0.453 e. The summed E-state index contributed by atoms with van der Waals surface area (Å²) in [5.41, 5.74) is 0.392. The van der Waals surface area contributed by atoms with Crippen LogP contribution in [0.15, 0.2) is 112 Å². The molecule has 0 atom stereocenters. The fraction of sp³-hybridized carbons (Fsp3) is 0.174. The lowest BCUT2D eigenvalue weighted by molar-refractivity contribution is -0.146. The lowest BCUT2D eigenvalue weighted by atomic mass is 9.98. The molecule has 0 unspecified atom stereocenters. The van der Waals surface area contributed by atoms with E-state index in [0.717, 1.165) is 60.7 Å². The first-order valence-corrected chi connectivity index (χ1v) is 19.0. The van der Waals surface area contributed by atoms with E-state index in [0.29, 0.717) is 0 Å². The average Bonchev–Trinajstić information content (AvgIpc) is 3.32. The van der Waals surface area contributed by atoms with Crippen LogP contribution in [0.4, 0.5) is 0 Å². The topological polar surface area (TPSA) is 266 Å². The molecular formula is C46H42O22. The Labute approximate surface area is 387 Å². The highest BCUT2D eigenvalue weighted by molar-refractivity contribution is 5.98. The largest absolute Gasteiger partial charge is 0.453 e. The summed E-state index contributed by atoms with van der Waals surface area (Å²) in [5, 5.41) is 0. The monoisotopic (exact) mass is 946 g/mol. The zero-order valence-corrected chi connectivity index (χ0v) is 36.4. The minimum atomic E-state index is -0.973. The summed E-state index contributed by atoms with van der Waals surface area (Å²) < 4.78 is 73.9. The second-order valence-electron chi connectivity index (χ2n) is 12.3. The van der Waals surface area contributed by atoms with Gasteiger partial charge >= 0.3 is 47.8 Å². The van der Waals surface area contributed by atoms with Gasteiger partial charge in [-0.25, -0.2) is 38.4 Å². The van der Waals surface area contributed by atoms with Gasteiger partial charge in [0.1, 0.15) is 11.5 Å². The van der Waals surface area contributed by atoms with Gasteiger partial charge in [0.15, 0.2) is 23.0 Å². The van der Waals surface area contributed by atoms with Crippen molar-refractivity contribution in [2.75, 3.05) is 40.8 Å². The van der Waals surface area contributed by atoms with Crippen LogP contribution in [-0.4, -0.2) is 88.5 Å². The van der Waals surface area contributed by atoms with Crippen molar-refractivity contribution in [1.29, 1.82) is 0 Å². The normalized spacial score (nSPS) is 9.91. The van der Waals surface area contributed by atoms with Gasteiger partial charge in [-0.3, -0.25) is 0 Å². The van der Waals surface area contributed by atoms with Crippen molar-refractivity contribution in [3.8, 4) is 46.0 Å². The molecule has 0 spiro atoms. The van der Waals surface area contributed by atoms with Crippen LogP contribution in [0.5, 0.6) is 46.0 Å². The third-order valence-electron chi connectivity index (χ3n) is 8.11. The molecule has 0 bridgehead atoms. The summed E-state index contributed by atoms with van der Waals surface area (Å²) in [7, 11) is 0. The molecule has 3 aromatic rings. The molecule has 0 amide bonds. The predicted molar refractivity (Wildman–Crippen MR) is 229 cm³/mol. The van der Waals surface area contributed by atoms with Crippen molar-refractivity contribution in [3.63, 3.8) is 0 Å². The highest BCUT2D eigenvalue weighted by Crippen LogP contribution is 2.43. The number of hydrogen-bond donors (Lipinski definition) is 0. The maximum atomic E-state index is 13.7. The number of rotatable bonds is 28. The molecule has 0 aliphatic carbocycles. The average molecular weight is 947 g/mol. The second-order valence-corrected chi connectivity index (χ2v) is 12.3. The molecule has 0 fully saturated rings. The maximum absolute atomic E-state index is 13.7. The van der Waals surface area contributed by atoms with Crippen LogP contribution in [0.1, 0.15) is 31.8 Å². The lowest BCUT2D eigenvalue weighted by Crippen LogP contribution is -2.16. The Balaban J connectivity index is 2.01. The Hall–Kier alpha value is -9.34. The van der Waals surface area contributed by atoms with Gasteiger partial charge in [0.25, 0.3) is 0 Å². The van der Waals surface area contributed by atoms with Crippen LogP contribution in [-0.2, 0) is 57.2 Å². The third-order valence-corrected chi connectivity index (χ3v) is 8.11. The van der Waals surface area contributed by atoms with E-state index < -0.39 is 88.5 Å². The molecule has 0 aromatic heterocycles. The van der Waals surface area contributed by atoms with E-state index in [1.165, 1.54) is 26.0 Å². The van der Waals surface area contributed by atoms with Crippen molar-refractivity contribution < 1.29 is 105 Å². The molecular weight excluding hydrogens is 904 g/mol. The van der Waals surface area contributed by atoms with E-state index in [1.807, 2.05) is 0 Å². The van der Waals surface area contributed by atoms with E-state index in [2.05, 4.69) is 39.5 Å². The van der Waals surface area contributed by atoms with Crippen molar-refractivity contribution >= 4 is 47.8 Å². The first kappa shape index (κ1) is 53.0. The SMILES string of the molecule is C=CC(=O)OCOc1cc(OC(=O)c2ccc(C(=O)Oc3cc(OCOC(=O)C=C)c(OCOC(=O)C=C)c(OCOC(=O)C=C)c3)c(C)c2C)cc(OCOC(=O)C=C)c1OCOC(=O)C=C. The van der Waals surface area contributed by atoms with Gasteiger partial charge in [-0.05, 0) is 37.1 Å². The first-order valence-electron chi connectivity index (χ1n) is 19.0. The van der Waals surface area contributed by atoms with Crippen molar-refractivity contribution in [1.82, 2.24) is 0 Å². The highest BCUT2D eigenvalue weighted by atomic mass is 16.7. The Morgan fingerprint density at radius 2 is 0.603 bits per heavy atom. The second kappa shape index (κ2) is 27.1. The summed E-state index contributed by atoms with van der Waals surface area (Å²) in [6, 6.07) is 7.05. The minimum absolute atomic E-state index is 0.0475. The number of carbonyl (C=O) groups is 8.